The first-order valence-electron chi connectivity index (χ1n) is 7.76. The molecule has 0 saturated carbocycles. The second kappa shape index (κ2) is 6.68. The Morgan fingerprint density at radius 3 is 2.81 bits per heavy atom. The molecule has 1 atom stereocenters. The van der Waals surface area contributed by atoms with E-state index in [0.29, 0.717) is 6.04 Å². The Balaban J connectivity index is 1.86. The summed E-state index contributed by atoms with van der Waals surface area (Å²) in [4.78, 5) is 9.27. The number of hydrogen-bond acceptors (Lipinski definition) is 4. The zero-order chi connectivity index (χ0) is 14.5. The SMILES string of the molecule is CCc1nc(NC2CCCNC2)cc(-c2ccccc2)n1. The summed E-state index contributed by atoms with van der Waals surface area (Å²) in [5.74, 6) is 1.83. The number of aromatic nitrogens is 2. The first-order chi connectivity index (χ1) is 10.3. The molecule has 0 amide bonds. The summed E-state index contributed by atoms with van der Waals surface area (Å²) < 4.78 is 0. The van der Waals surface area contributed by atoms with Gasteiger partial charge >= 0.3 is 0 Å². The van der Waals surface area contributed by atoms with Crippen molar-refractivity contribution in [2.45, 2.75) is 32.2 Å². The van der Waals surface area contributed by atoms with Gasteiger partial charge in [0.2, 0.25) is 0 Å². The van der Waals surface area contributed by atoms with Gasteiger partial charge in [0.05, 0.1) is 5.69 Å². The van der Waals surface area contributed by atoms with E-state index in [-0.39, 0.29) is 0 Å². The Hall–Kier alpha value is -1.94. The molecule has 0 bridgehead atoms. The average Bonchev–Trinajstić information content (AvgIpc) is 2.56. The van der Waals surface area contributed by atoms with Gasteiger partial charge in [-0.05, 0) is 19.4 Å². The van der Waals surface area contributed by atoms with E-state index in [9.17, 15) is 0 Å². The topological polar surface area (TPSA) is 49.8 Å². The summed E-state index contributed by atoms with van der Waals surface area (Å²) in [6.45, 7) is 4.22. The van der Waals surface area contributed by atoms with E-state index in [4.69, 9.17) is 0 Å². The lowest BCUT2D eigenvalue weighted by atomic mass is 10.1. The Morgan fingerprint density at radius 1 is 1.24 bits per heavy atom. The van der Waals surface area contributed by atoms with Crippen molar-refractivity contribution >= 4 is 5.82 Å². The van der Waals surface area contributed by atoms with Gasteiger partial charge in [0, 0.05) is 30.6 Å². The minimum atomic E-state index is 0.460. The quantitative estimate of drug-likeness (QED) is 0.905. The van der Waals surface area contributed by atoms with E-state index >= 15 is 0 Å². The van der Waals surface area contributed by atoms with Crippen molar-refractivity contribution in [2.24, 2.45) is 0 Å². The second-order valence-corrected chi connectivity index (χ2v) is 5.46. The van der Waals surface area contributed by atoms with Crippen LogP contribution in [0.2, 0.25) is 0 Å². The summed E-state index contributed by atoms with van der Waals surface area (Å²) in [5, 5.41) is 6.98. The van der Waals surface area contributed by atoms with Crippen LogP contribution in [0.3, 0.4) is 0 Å². The molecular weight excluding hydrogens is 260 g/mol. The van der Waals surface area contributed by atoms with E-state index in [1.807, 2.05) is 18.2 Å². The third-order valence-corrected chi connectivity index (χ3v) is 3.81. The van der Waals surface area contributed by atoms with Gasteiger partial charge in [-0.15, -0.1) is 0 Å². The summed E-state index contributed by atoms with van der Waals surface area (Å²) in [5.41, 5.74) is 2.13. The number of piperidine rings is 1. The lowest BCUT2D eigenvalue weighted by Crippen LogP contribution is -2.38. The van der Waals surface area contributed by atoms with Gasteiger partial charge in [-0.25, -0.2) is 9.97 Å². The average molecular weight is 282 g/mol. The number of hydrogen-bond donors (Lipinski definition) is 2. The van der Waals surface area contributed by atoms with Crippen LogP contribution in [0.25, 0.3) is 11.3 Å². The Labute approximate surface area is 126 Å². The third kappa shape index (κ3) is 3.58. The summed E-state index contributed by atoms with van der Waals surface area (Å²) in [6, 6.07) is 12.8. The highest BCUT2D eigenvalue weighted by molar-refractivity contribution is 5.62. The fourth-order valence-corrected chi connectivity index (χ4v) is 2.67. The van der Waals surface area contributed by atoms with Crippen molar-refractivity contribution < 1.29 is 0 Å². The molecule has 1 aromatic heterocycles. The second-order valence-electron chi connectivity index (χ2n) is 5.46. The fourth-order valence-electron chi connectivity index (χ4n) is 2.67. The smallest absolute Gasteiger partial charge is 0.131 e. The van der Waals surface area contributed by atoms with Crippen molar-refractivity contribution in [1.29, 1.82) is 0 Å². The molecule has 1 saturated heterocycles. The van der Waals surface area contributed by atoms with Crippen LogP contribution in [0.1, 0.15) is 25.6 Å². The van der Waals surface area contributed by atoms with Gasteiger partial charge in [0.1, 0.15) is 11.6 Å². The molecule has 4 heteroatoms. The van der Waals surface area contributed by atoms with Crippen LogP contribution >= 0.6 is 0 Å². The highest BCUT2D eigenvalue weighted by Gasteiger charge is 2.14. The molecule has 21 heavy (non-hydrogen) atoms. The Bertz CT molecular complexity index is 577. The van der Waals surface area contributed by atoms with Crippen LogP contribution in [0, 0.1) is 0 Å². The molecule has 0 spiro atoms. The van der Waals surface area contributed by atoms with Gasteiger partial charge in [-0.3, -0.25) is 0 Å². The number of benzene rings is 1. The monoisotopic (exact) mass is 282 g/mol. The first kappa shape index (κ1) is 14.0. The number of anilines is 1. The first-order valence-corrected chi connectivity index (χ1v) is 7.76. The summed E-state index contributed by atoms with van der Waals surface area (Å²) in [7, 11) is 0. The maximum atomic E-state index is 4.65. The molecule has 1 unspecified atom stereocenters. The molecule has 2 heterocycles. The maximum absolute atomic E-state index is 4.65. The molecule has 1 fully saturated rings. The van der Waals surface area contributed by atoms with Crippen LogP contribution in [0.4, 0.5) is 5.82 Å². The van der Waals surface area contributed by atoms with Crippen molar-refractivity contribution in [2.75, 3.05) is 18.4 Å². The van der Waals surface area contributed by atoms with Gasteiger partial charge in [0.15, 0.2) is 0 Å². The summed E-state index contributed by atoms with van der Waals surface area (Å²) >= 11 is 0. The standard InChI is InChI=1S/C17H22N4/c1-2-16-20-15(13-7-4-3-5-8-13)11-17(21-16)19-14-9-6-10-18-12-14/h3-5,7-8,11,14,18H,2,6,9-10,12H2,1H3,(H,19,20,21). The highest BCUT2D eigenvalue weighted by Crippen LogP contribution is 2.21. The Kier molecular flexibility index (Phi) is 4.46. The molecule has 3 rings (SSSR count). The number of aryl methyl sites for hydroxylation is 1. The largest absolute Gasteiger partial charge is 0.366 e. The molecule has 1 aliphatic heterocycles. The fraction of sp³-hybridized carbons (Fsp3) is 0.412. The minimum absolute atomic E-state index is 0.460. The van der Waals surface area contributed by atoms with Crippen LogP contribution in [-0.2, 0) is 6.42 Å². The van der Waals surface area contributed by atoms with Crippen LogP contribution in [-0.4, -0.2) is 29.1 Å². The molecule has 2 aromatic rings. The van der Waals surface area contributed by atoms with Crippen LogP contribution in [0.5, 0.6) is 0 Å². The van der Waals surface area contributed by atoms with E-state index in [1.165, 1.54) is 12.8 Å². The molecule has 0 aliphatic carbocycles. The van der Waals surface area contributed by atoms with Crippen molar-refractivity contribution in [3.05, 3.63) is 42.2 Å². The predicted octanol–water partition coefficient (Wildman–Crippen LogP) is 2.87. The molecule has 1 aromatic carbocycles. The van der Waals surface area contributed by atoms with Crippen LogP contribution < -0.4 is 10.6 Å². The molecule has 2 N–H and O–H groups in total. The molecule has 0 radical (unpaired) electrons. The normalized spacial score (nSPS) is 18.4. The van der Waals surface area contributed by atoms with Gasteiger partial charge in [0.25, 0.3) is 0 Å². The van der Waals surface area contributed by atoms with Gasteiger partial charge in [-0.2, -0.15) is 0 Å². The maximum Gasteiger partial charge on any atom is 0.131 e. The van der Waals surface area contributed by atoms with Crippen molar-refractivity contribution in [1.82, 2.24) is 15.3 Å². The molecule has 110 valence electrons. The van der Waals surface area contributed by atoms with Crippen molar-refractivity contribution in [3.8, 4) is 11.3 Å². The molecule has 4 nitrogen and oxygen atoms in total. The van der Waals surface area contributed by atoms with E-state index in [1.54, 1.807) is 0 Å². The minimum Gasteiger partial charge on any atom is -0.366 e. The number of nitrogens with zero attached hydrogens (tertiary/aromatic N) is 2. The van der Waals surface area contributed by atoms with Gasteiger partial charge < -0.3 is 10.6 Å². The third-order valence-electron chi connectivity index (χ3n) is 3.81. The molecule has 1 aliphatic rings. The lowest BCUT2D eigenvalue weighted by Gasteiger charge is -2.24. The van der Waals surface area contributed by atoms with Gasteiger partial charge in [-0.1, -0.05) is 37.3 Å². The zero-order valence-electron chi connectivity index (χ0n) is 12.5. The summed E-state index contributed by atoms with van der Waals surface area (Å²) in [6.07, 6.45) is 3.26. The van der Waals surface area contributed by atoms with Crippen LogP contribution in [0.15, 0.2) is 36.4 Å². The van der Waals surface area contributed by atoms with Crippen molar-refractivity contribution in [3.63, 3.8) is 0 Å². The molecular formula is C17H22N4. The van der Waals surface area contributed by atoms with E-state index in [2.05, 4.69) is 45.7 Å². The van der Waals surface area contributed by atoms with E-state index in [0.717, 1.165) is 42.4 Å². The number of rotatable bonds is 4. The lowest BCUT2D eigenvalue weighted by molar-refractivity contribution is 0.479. The zero-order valence-corrected chi connectivity index (χ0v) is 12.5. The highest BCUT2D eigenvalue weighted by atomic mass is 15.1. The predicted molar refractivity (Wildman–Crippen MR) is 86.4 cm³/mol. The number of nitrogens with one attached hydrogen (secondary N) is 2. The Morgan fingerprint density at radius 2 is 2.10 bits per heavy atom. The van der Waals surface area contributed by atoms with E-state index < -0.39 is 0 Å².